The van der Waals surface area contributed by atoms with Crippen molar-refractivity contribution in [2.75, 3.05) is 11.4 Å². The monoisotopic (exact) mass is 306 g/mol. The SMILES string of the molecule is NC(=O)C1CC(=O)N(c2cc(Cl)ccc2-c2nn[nH]n2)C1. The molecule has 1 aliphatic heterocycles. The minimum absolute atomic E-state index is 0.0908. The van der Waals surface area contributed by atoms with Gasteiger partial charge in [0.2, 0.25) is 17.6 Å². The summed E-state index contributed by atoms with van der Waals surface area (Å²) < 4.78 is 0. The second-order valence-corrected chi connectivity index (χ2v) is 5.14. The van der Waals surface area contributed by atoms with E-state index in [-0.39, 0.29) is 18.9 Å². The minimum atomic E-state index is -0.505. The van der Waals surface area contributed by atoms with E-state index in [0.717, 1.165) is 0 Å². The van der Waals surface area contributed by atoms with Crippen molar-refractivity contribution in [3.05, 3.63) is 23.2 Å². The van der Waals surface area contributed by atoms with E-state index in [9.17, 15) is 9.59 Å². The third-order valence-electron chi connectivity index (χ3n) is 3.36. The Morgan fingerprint density at radius 1 is 1.48 bits per heavy atom. The van der Waals surface area contributed by atoms with Crippen molar-refractivity contribution in [3.63, 3.8) is 0 Å². The van der Waals surface area contributed by atoms with Gasteiger partial charge in [0.25, 0.3) is 0 Å². The molecule has 0 spiro atoms. The molecule has 2 heterocycles. The van der Waals surface area contributed by atoms with E-state index in [2.05, 4.69) is 20.6 Å². The molecule has 3 N–H and O–H groups in total. The van der Waals surface area contributed by atoms with Crippen molar-refractivity contribution in [1.82, 2.24) is 20.6 Å². The van der Waals surface area contributed by atoms with E-state index in [0.29, 0.717) is 22.1 Å². The number of nitrogens with two attached hydrogens (primary N) is 1. The van der Waals surface area contributed by atoms with Crippen LogP contribution >= 0.6 is 11.6 Å². The summed E-state index contributed by atoms with van der Waals surface area (Å²) in [7, 11) is 0. The lowest BCUT2D eigenvalue weighted by atomic mass is 10.1. The molecule has 0 aliphatic carbocycles. The minimum Gasteiger partial charge on any atom is -0.369 e. The molecule has 1 saturated heterocycles. The molecule has 2 amide bonds. The fraction of sp³-hybridized carbons (Fsp3) is 0.250. The number of aromatic nitrogens is 4. The molecular weight excluding hydrogens is 296 g/mol. The fourth-order valence-electron chi connectivity index (χ4n) is 2.32. The number of primary amides is 1. The van der Waals surface area contributed by atoms with E-state index in [1.165, 1.54) is 4.90 Å². The van der Waals surface area contributed by atoms with E-state index in [1.807, 2.05) is 0 Å². The van der Waals surface area contributed by atoms with Crippen molar-refractivity contribution in [2.24, 2.45) is 11.7 Å². The van der Waals surface area contributed by atoms with Crippen molar-refractivity contribution in [2.45, 2.75) is 6.42 Å². The van der Waals surface area contributed by atoms with Crippen molar-refractivity contribution in [3.8, 4) is 11.4 Å². The Labute approximate surface area is 124 Å². The van der Waals surface area contributed by atoms with Gasteiger partial charge in [-0.05, 0) is 23.4 Å². The van der Waals surface area contributed by atoms with Gasteiger partial charge in [-0.15, -0.1) is 10.2 Å². The van der Waals surface area contributed by atoms with Gasteiger partial charge in [0.1, 0.15) is 0 Å². The standard InChI is InChI=1S/C12H11ClN6O2/c13-7-1-2-8(12-15-17-18-16-12)9(4-7)19-5-6(11(14)21)3-10(19)20/h1-2,4,6H,3,5H2,(H2,14,21)(H,15,16,17,18). The zero-order chi connectivity index (χ0) is 15.0. The molecule has 1 unspecified atom stereocenters. The van der Waals surface area contributed by atoms with Crippen LogP contribution in [0, 0.1) is 5.92 Å². The van der Waals surface area contributed by atoms with Crippen LogP contribution < -0.4 is 10.6 Å². The van der Waals surface area contributed by atoms with Gasteiger partial charge in [-0.25, -0.2) is 0 Å². The van der Waals surface area contributed by atoms with E-state index >= 15 is 0 Å². The first-order chi connectivity index (χ1) is 10.1. The summed E-state index contributed by atoms with van der Waals surface area (Å²) in [6.45, 7) is 0.222. The number of halogens is 1. The summed E-state index contributed by atoms with van der Waals surface area (Å²) >= 11 is 6.01. The number of carbonyl (C=O) groups is 2. The van der Waals surface area contributed by atoms with E-state index in [1.54, 1.807) is 18.2 Å². The number of nitrogens with zero attached hydrogens (tertiary/aromatic N) is 4. The van der Waals surface area contributed by atoms with Crippen molar-refractivity contribution >= 4 is 29.1 Å². The molecule has 1 fully saturated rings. The number of H-pyrrole nitrogens is 1. The molecule has 0 radical (unpaired) electrons. The molecule has 21 heavy (non-hydrogen) atoms. The number of carbonyl (C=O) groups excluding carboxylic acids is 2. The molecule has 1 aromatic heterocycles. The molecule has 108 valence electrons. The van der Waals surface area contributed by atoms with Gasteiger partial charge in [-0.3, -0.25) is 9.59 Å². The smallest absolute Gasteiger partial charge is 0.227 e. The number of rotatable bonds is 3. The molecule has 1 aliphatic rings. The largest absolute Gasteiger partial charge is 0.369 e. The van der Waals surface area contributed by atoms with Crippen LogP contribution in [-0.4, -0.2) is 39.0 Å². The second-order valence-electron chi connectivity index (χ2n) is 4.70. The maximum Gasteiger partial charge on any atom is 0.227 e. The number of hydrogen-bond acceptors (Lipinski definition) is 5. The zero-order valence-electron chi connectivity index (χ0n) is 10.8. The van der Waals surface area contributed by atoms with Gasteiger partial charge in [-0.1, -0.05) is 11.6 Å². The van der Waals surface area contributed by atoms with Crippen LogP contribution in [0.25, 0.3) is 11.4 Å². The molecule has 3 rings (SSSR count). The Bertz CT molecular complexity index is 702. The Hall–Kier alpha value is -2.48. The molecular formula is C12H11ClN6O2. The molecule has 8 nitrogen and oxygen atoms in total. The van der Waals surface area contributed by atoms with Crippen molar-refractivity contribution in [1.29, 1.82) is 0 Å². The summed E-state index contributed by atoms with van der Waals surface area (Å²) in [5.74, 6) is -0.841. The highest BCUT2D eigenvalue weighted by atomic mass is 35.5. The second kappa shape index (κ2) is 5.13. The molecule has 2 aromatic rings. The maximum atomic E-state index is 12.1. The highest BCUT2D eigenvalue weighted by molar-refractivity contribution is 6.31. The third kappa shape index (κ3) is 2.45. The topological polar surface area (TPSA) is 118 Å². The number of hydrogen-bond donors (Lipinski definition) is 2. The highest BCUT2D eigenvalue weighted by Crippen LogP contribution is 2.34. The lowest BCUT2D eigenvalue weighted by Crippen LogP contribution is -2.28. The average Bonchev–Trinajstić information content (AvgIpc) is 3.07. The zero-order valence-corrected chi connectivity index (χ0v) is 11.5. The van der Waals surface area contributed by atoms with Gasteiger partial charge in [-0.2, -0.15) is 5.21 Å². The molecule has 9 heteroatoms. The lowest BCUT2D eigenvalue weighted by Gasteiger charge is -2.19. The average molecular weight is 307 g/mol. The predicted molar refractivity (Wildman–Crippen MR) is 74.3 cm³/mol. The van der Waals surface area contributed by atoms with Crippen LogP contribution in [-0.2, 0) is 9.59 Å². The Balaban J connectivity index is 2.04. The van der Waals surface area contributed by atoms with Crippen molar-refractivity contribution < 1.29 is 9.59 Å². The van der Waals surface area contributed by atoms with Crippen LogP contribution in [0.3, 0.4) is 0 Å². The number of aromatic amines is 1. The Kier molecular flexibility index (Phi) is 3.30. The van der Waals surface area contributed by atoms with Gasteiger partial charge in [0.15, 0.2) is 0 Å². The highest BCUT2D eigenvalue weighted by Gasteiger charge is 2.35. The first-order valence-corrected chi connectivity index (χ1v) is 6.57. The number of benzene rings is 1. The predicted octanol–water partition coefficient (Wildman–Crippen LogP) is 0.358. The molecule has 0 bridgehead atoms. The van der Waals surface area contributed by atoms with Gasteiger partial charge in [0, 0.05) is 23.6 Å². The molecule has 1 aromatic carbocycles. The van der Waals surface area contributed by atoms with Crippen LogP contribution in [0.2, 0.25) is 5.02 Å². The van der Waals surface area contributed by atoms with Gasteiger partial charge in [0.05, 0.1) is 11.6 Å². The van der Waals surface area contributed by atoms with Crippen LogP contribution in [0.5, 0.6) is 0 Å². The molecule has 0 saturated carbocycles. The maximum absolute atomic E-state index is 12.1. The van der Waals surface area contributed by atoms with Gasteiger partial charge < -0.3 is 10.6 Å². The van der Waals surface area contributed by atoms with Gasteiger partial charge >= 0.3 is 0 Å². The Morgan fingerprint density at radius 3 is 2.90 bits per heavy atom. The van der Waals surface area contributed by atoms with Crippen LogP contribution in [0.15, 0.2) is 18.2 Å². The number of anilines is 1. The number of amides is 2. The summed E-state index contributed by atoms with van der Waals surface area (Å²) in [6.07, 6.45) is 0.0908. The first kappa shape index (κ1) is 13.5. The van der Waals surface area contributed by atoms with E-state index in [4.69, 9.17) is 17.3 Å². The normalized spacial score (nSPS) is 18.2. The summed E-state index contributed by atoms with van der Waals surface area (Å²) in [6, 6.07) is 5.00. The summed E-state index contributed by atoms with van der Waals surface area (Å²) in [5.41, 5.74) is 6.42. The molecule has 1 atom stereocenters. The summed E-state index contributed by atoms with van der Waals surface area (Å²) in [5, 5.41) is 14.1. The first-order valence-electron chi connectivity index (χ1n) is 6.19. The summed E-state index contributed by atoms with van der Waals surface area (Å²) in [4.78, 5) is 24.9. The van der Waals surface area contributed by atoms with Crippen LogP contribution in [0.4, 0.5) is 5.69 Å². The van der Waals surface area contributed by atoms with Crippen LogP contribution in [0.1, 0.15) is 6.42 Å². The Morgan fingerprint density at radius 2 is 2.29 bits per heavy atom. The van der Waals surface area contributed by atoms with E-state index < -0.39 is 11.8 Å². The lowest BCUT2D eigenvalue weighted by molar-refractivity contribution is -0.123. The number of nitrogens with one attached hydrogen (secondary N) is 1. The third-order valence-corrected chi connectivity index (χ3v) is 3.60. The number of tetrazole rings is 1. The quantitative estimate of drug-likeness (QED) is 0.848. The fourth-order valence-corrected chi connectivity index (χ4v) is 2.49.